The molecule has 2 aromatic heterocycles. The molecule has 0 spiro atoms. The fourth-order valence-electron chi connectivity index (χ4n) is 3.25. The summed E-state index contributed by atoms with van der Waals surface area (Å²) in [5.41, 5.74) is 2.62. The average molecular weight is 428 g/mol. The third-order valence-corrected chi connectivity index (χ3v) is 4.81. The van der Waals surface area contributed by atoms with E-state index in [4.69, 9.17) is 5.11 Å². The van der Waals surface area contributed by atoms with E-state index in [0.29, 0.717) is 23.5 Å². The van der Waals surface area contributed by atoms with Crippen molar-refractivity contribution in [1.82, 2.24) is 20.1 Å². The fraction of sp³-hybridized carbons (Fsp3) is 0.273. The molecule has 0 unspecified atom stereocenters. The first kappa shape index (κ1) is 22.2. The smallest absolute Gasteiger partial charge is 0.317 e. The molecule has 0 saturated carbocycles. The molecule has 0 bridgehead atoms. The average Bonchev–Trinajstić information content (AvgIpc) is 3.16. The molecule has 1 aromatic carbocycles. The third-order valence-electron chi connectivity index (χ3n) is 4.81. The van der Waals surface area contributed by atoms with E-state index in [9.17, 15) is 18.4 Å². The molecule has 31 heavy (non-hydrogen) atoms. The van der Waals surface area contributed by atoms with Crippen LogP contribution in [-0.4, -0.2) is 44.2 Å². The maximum absolute atomic E-state index is 13.6. The zero-order valence-corrected chi connectivity index (χ0v) is 16.9. The quantitative estimate of drug-likeness (QED) is 0.515. The Morgan fingerprint density at radius 3 is 2.52 bits per heavy atom. The second-order valence-electron chi connectivity index (χ2n) is 7.00. The van der Waals surface area contributed by atoms with E-state index in [0.717, 1.165) is 17.7 Å². The molecule has 0 radical (unpaired) electrons. The first-order chi connectivity index (χ1) is 14.9. The summed E-state index contributed by atoms with van der Waals surface area (Å²) < 4.78 is 28.5. The van der Waals surface area contributed by atoms with Crippen LogP contribution in [0.25, 0.3) is 11.3 Å². The number of aryl methyl sites for hydroxylation is 1. The van der Waals surface area contributed by atoms with Gasteiger partial charge in [-0.3, -0.25) is 24.6 Å². The number of benzene rings is 1. The second kappa shape index (κ2) is 10.0. The highest BCUT2D eigenvalue weighted by atomic mass is 19.2. The van der Waals surface area contributed by atoms with E-state index in [1.165, 1.54) is 6.07 Å². The highest BCUT2D eigenvalue weighted by Gasteiger charge is 2.22. The number of nitrogens with zero attached hydrogens (tertiary/aromatic N) is 3. The van der Waals surface area contributed by atoms with Gasteiger partial charge in [-0.1, -0.05) is 6.07 Å². The summed E-state index contributed by atoms with van der Waals surface area (Å²) in [5, 5.41) is 16.2. The van der Waals surface area contributed by atoms with Crippen molar-refractivity contribution in [3.05, 3.63) is 71.7 Å². The minimum atomic E-state index is -1.12. The van der Waals surface area contributed by atoms with Gasteiger partial charge in [0.25, 0.3) is 0 Å². The molecule has 0 aliphatic heterocycles. The van der Waals surface area contributed by atoms with E-state index >= 15 is 0 Å². The van der Waals surface area contributed by atoms with Gasteiger partial charge in [0.1, 0.15) is 0 Å². The number of rotatable bonds is 10. The Labute approximate surface area is 177 Å². The van der Waals surface area contributed by atoms with E-state index in [2.05, 4.69) is 15.4 Å². The molecule has 0 aliphatic rings. The summed E-state index contributed by atoms with van der Waals surface area (Å²) in [4.78, 5) is 28.0. The van der Waals surface area contributed by atoms with Gasteiger partial charge in [0, 0.05) is 30.2 Å². The van der Waals surface area contributed by atoms with Gasteiger partial charge in [-0.2, -0.15) is 5.10 Å². The number of carbonyl (C=O) groups is 2. The van der Waals surface area contributed by atoms with E-state index < -0.39 is 30.2 Å². The van der Waals surface area contributed by atoms with Gasteiger partial charge >= 0.3 is 5.97 Å². The molecular formula is C22H22F2N4O3. The number of nitrogens with one attached hydrogen (secondary N) is 1. The predicted octanol–water partition coefficient (Wildman–Crippen LogP) is 2.64. The highest BCUT2D eigenvalue weighted by Crippen LogP contribution is 2.19. The number of hydrogen-bond acceptors (Lipinski definition) is 5. The summed E-state index contributed by atoms with van der Waals surface area (Å²) in [6.07, 6.45) is 3.34. The van der Waals surface area contributed by atoms with Crippen molar-refractivity contribution >= 4 is 11.8 Å². The minimum Gasteiger partial charge on any atom is -0.480 e. The Morgan fingerprint density at radius 1 is 1.13 bits per heavy atom. The first-order valence-electron chi connectivity index (χ1n) is 9.76. The Kier molecular flexibility index (Phi) is 7.19. The number of pyridine rings is 1. The number of halogens is 2. The van der Waals surface area contributed by atoms with Gasteiger partial charge in [-0.05, 0) is 49.2 Å². The number of carboxylic acids is 1. The van der Waals surface area contributed by atoms with Crippen molar-refractivity contribution < 1.29 is 23.5 Å². The lowest BCUT2D eigenvalue weighted by Gasteiger charge is -2.17. The zero-order chi connectivity index (χ0) is 22.4. The molecule has 7 nitrogen and oxygen atoms in total. The molecule has 0 fully saturated rings. The van der Waals surface area contributed by atoms with Crippen molar-refractivity contribution in [2.45, 2.75) is 32.4 Å². The van der Waals surface area contributed by atoms with Crippen LogP contribution in [0.1, 0.15) is 18.2 Å². The predicted molar refractivity (Wildman–Crippen MR) is 109 cm³/mol. The summed E-state index contributed by atoms with van der Waals surface area (Å²) in [5.74, 6) is -3.41. The Bertz CT molecular complexity index is 1070. The summed E-state index contributed by atoms with van der Waals surface area (Å²) in [6, 6.07) is 7.92. The Hall–Kier alpha value is -3.46. The Morgan fingerprint density at radius 2 is 1.87 bits per heavy atom. The topological polar surface area (TPSA) is 97.1 Å². The molecule has 9 heteroatoms. The van der Waals surface area contributed by atoms with Crippen molar-refractivity contribution in [2.24, 2.45) is 0 Å². The van der Waals surface area contributed by atoms with E-state index in [1.807, 2.05) is 25.1 Å². The van der Waals surface area contributed by atoms with Crippen LogP contribution in [0.3, 0.4) is 0 Å². The maximum Gasteiger partial charge on any atom is 0.317 e. The van der Waals surface area contributed by atoms with Crippen molar-refractivity contribution in [1.29, 1.82) is 0 Å². The third kappa shape index (κ3) is 5.79. The number of Topliss-reactive ketones (excluding diaryl/α,β-unsaturated/α-hetero) is 1. The van der Waals surface area contributed by atoms with Crippen LogP contribution in [0.4, 0.5) is 8.78 Å². The molecule has 3 rings (SSSR count). The van der Waals surface area contributed by atoms with Crippen molar-refractivity contribution in [3.8, 4) is 11.3 Å². The number of carbonyl (C=O) groups excluding carboxylic acids is 1. The molecule has 1 atom stereocenters. The van der Waals surface area contributed by atoms with Crippen LogP contribution >= 0.6 is 0 Å². The maximum atomic E-state index is 13.6. The van der Waals surface area contributed by atoms with Crippen LogP contribution in [0, 0.1) is 11.6 Å². The minimum absolute atomic E-state index is 0.00683. The molecule has 2 heterocycles. The zero-order valence-electron chi connectivity index (χ0n) is 16.9. The SMILES string of the molecule is CCn1nc(-c2ccncc2)cc1CC(=O)[C@H](Cc1ccc(F)c(F)c1)NCC(=O)O. The van der Waals surface area contributed by atoms with Gasteiger partial charge < -0.3 is 5.11 Å². The lowest BCUT2D eigenvalue weighted by Crippen LogP contribution is -2.42. The Balaban J connectivity index is 1.81. The first-order valence-corrected chi connectivity index (χ1v) is 9.76. The number of aliphatic carboxylic acids is 1. The standard InChI is InChI=1S/C22H22F2N4O3/c1-2-28-16(11-19(27-28)15-5-7-25-8-6-15)12-21(29)20(26-13-22(30)31)10-14-3-4-17(23)18(24)9-14/h3-9,11,20,26H,2,10,12-13H2,1H3,(H,30,31)/t20-/m0/s1. The number of ketones is 1. The summed E-state index contributed by atoms with van der Waals surface area (Å²) >= 11 is 0. The fourth-order valence-corrected chi connectivity index (χ4v) is 3.25. The molecule has 162 valence electrons. The molecular weight excluding hydrogens is 406 g/mol. The van der Waals surface area contributed by atoms with Crippen LogP contribution in [-0.2, 0) is 29.0 Å². The molecule has 3 aromatic rings. The lowest BCUT2D eigenvalue weighted by atomic mass is 9.99. The number of carboxylic acid groups (broad SMARTS) is 1. The van der Waals surface area contributed by atoms with Crippen LogP contribution in [0.5, 0.6) is 0 Å². The van der Waals surface area contributed by atoms with E-state index in [1.54, 1.807) is 17.1 Å². The molecule has 0 amide bonds. The molecule has 2 N–H and O–H groups in total. The summed E-state index contributed by atoms with van der Waals surface area (Å²) in [7, 11) is 0. The van der Waals surface area contributed by atoms with Gasteiger partial charge in [-0.25, -0.2) is 8.78 Å². The van der Waals surface area contributed by atoms with Crippen LogP contribution < -0.4 is 5.32 Å². The highest BCUT2D eigenvalue weighted by molar-refractivity contribution is 5.87. The second-order valence-corrected chi connectivity index (χ2v) is 7.00. The lowest BCUT2D eigenvalue weighted by molar-refractivity contribution is -0.136. The van der Waals surface area contributed by atoms with E-state index in [-0.39, 0.29) is 18.6 Å². The largest absolute Gasteiger partial charge is 0.480 e. The number of aromatic nitrogens is 3. The normalized spacial score (nSPS) is 12.0. The number of hydrogen-bond donors (Lipinski definition) is 2. The van der Waals surface area contributed by atoms with Crippen LogP contribution in [0.15, 0.2) is 48.8 Å². The monoisotopic (exact) mass is 428 g/mol. The van der Waals surface area contributed by atoms with Gasteiger partial charge in [0.2, 0.25) is 0 Å². The van der Waals surface area contributed by atoms with Crippen LogP contribution in [0.2, 0.25) is 0 Å². The van der Waals surface area contributed by atoms with Gasteiger partial charge in [0.15, 0.2) is 17.4 Å². The van der Waals surface area contributed by atoms with Gasteiger partial charge in [0.05, 0.1) is 24.7 Å². The molecule has 0 saturated heterocycles. The molecule has 0 aliphatic carbocycles. The van der Waals surface area contributed by atoms with Crippen molar-refractivity contribution in [3.63, 3.8) is 0 Å². The summed E-state index contributed by atoms with van der Waals surface area (Å²) in [6.45, 7) is 2.01. The van der Waals surface area contributed by atoms with Crippen molar-refractivity contribution in [2.75, 3.05) is 6.54 Å². The van der Waals surface area contributed by atoms with Gasteiger partial charge in [-0.15, -0.1) is 0 Å².